The van der Waals surface area contributed by atoms with E-state index in [-0.39, 0.29) is 36.2 Å². The molecule has 3 aliphatic carbocycles. The number of nitrogens with one attached hydrogen (secondary N) is 4. The molecule has 0 spiro atoms. The van der Waals surface area contributed by atoms with Crippen LogP contribution in [0.5, 0.6) is 0 Å². The molecule has 15 heteroatoms. The fourth-order valence-electron chi connectivity index (χ4n) is 8.17. The SMILES string of the molecule is CC1(C)CCN(C[C@@H](NC(=O)N[C@H](C(=O)N2C[C@H](OC(N)=O)C[C@H]2C(=O)NC(CC2CC2)C(=O)C(=O)NC2CC2)C2(C)CCCCC2)C(C)(C)C)C(=O)C1. The number of nitrogens with two attached hydrogens (primary N) is 1. The summed E-state index contributed by atoms with van der Waals surface area (Å²) in [7, 11) is 0. The van der Waals surface area contributed by atoms with Crippen LogP contribution < -0.4 is 27.0 Å². The van der Waals surface area contributed by atoms with Gasteiger partial charge in [0.1, 0.15) is 18.2 Å². The van der Waals surface area contributed by atoms with Gasteiger partial charge in [0.2, 0.25) is 23.5 Å². The number of hydrogen-bond acceptors (Lipinski definition) is 8. The van der Waals surface area contributed by atoms with Crippen LogP contribution in [-0.2, 0) is 28.7 Å². The molecule has 2 heterocycles. The Balaban J connectivity index is 1.36. The van der Waals surface area contributed by atoms with Crippen LogP contribution in [0.15, 0.2) is 0 Å². The summed E-state index contributed by atoms with van der Waals surface area (Å²) in [5.41, 5.74) is 4.20. The van der Waals surface area contributed by atoms with Crippen LogP contribution in [0.3, 0.4) is 0 Å². The predicted octanol–water partition coefficient (Wildman–Crippen LogP) is 2.89. The highest BCUT2D eigenvalue weighted by Crippen LogP contribution is 2.41. The number of urea groups is 1. The van der Waals surface area contributed by atoms with Gasteiger partial charge in [0.25, 0.3) is 5.91 Å². The van der Waals surface area contributed by atoms with Crippen LogP contribution in [0, 0.1) is 22.2 Å². The van der Waals surface area contributed by atoms with Crippen molar-refractivity contribution in [3.05, 3.63) is 0 Å². The maximum absolute atomic E-state index is 14.8. The first kappa shape index (κ1) is 41.3. The van der Waals surface area contributed by atoms with Crippen LogP contribution in [0.1, 0.15) is 125 Å². The smallest absolute Gasteiger partial charge is 0.404 e. The fraction of sp³-hybridized carbons (Fsp3) is 0.821. The summed E-state index contributed by atoms with van der Waals surface area (Å²) < 4.78 is 5.31. The van der Waals surface area contributed by atoms with Crippen LogP contribution in [-0.4, -0.2) is 107 Å². The fourth-order valence-corrected chi connectivity index (χ4v) is 8.17. The highest BCUT2D eigenvalue weighted by Gasteiger charge is 2.50. The number of piperidine rings is 1. The third-order valence-corrected chi connectivity index (χ3v) is 12.2. The lowest BCUT2D eigenvalue weighted by Crippen LogP contribution is -2.63. The molecule has 1 unspecified atom stereocenters. The highest BCUT2D eigenvalue weighted by molar-refractivity contribution is 6.38. The van der Waals surface area contributed by atoms with Crippen LogP contribution in [0.25, 0.3) is 0 Å². The first-order chi connectivity index (χ1) is 25.2. The summed E-state index contributed by atoms with van der Waals surface area (Å²) in [5.74, 6) is -2.37. The first-order valence-electron chi connectivity index (χ1n) is 20.0. The summed E-state index contributed by atoms with van der Waals surface area (Å²) in [6.07, 6.45) is 6.98. The molecule has 6 N–H and O–H groups in total. The number of carbonyl (C=O) groups is 7. The van der Waals surface area contributed by atoms with Gasteiger partial charge in [-0.3, -0.25) is 24.0 Å². The summed E-state index contributed by atoms with van der Waals surface area (Å²) in [4.78, 5) is 97.0. The van der Waals surface area contributed by atoms with E-state index in [1.807, 2.05) is 27.7 Å². The van der Waals surface area contributed by atoms with E-state index in [4.69, 9.17) is 10.5 Å². The van der Waals surface area contributed by atoms with Crippen molar-refractivity contribution < 1.29 is 38.3 Å². The van der Waals surface area contributed by atoms with E-state index in [0.29, 0.717) is 38.8 Å². The van der Waals surface area contributed by atoms with E-state index in [2.05, 4.69) is 35.1 Å². The predicted molar refractivity (Wildman–Crippen MR) is 200 cm³/mol. The minimum atomic E-state index is -1.15. The quantitative estimate of drug-likeness (QED) is 0.166. The second-order valence-electron chi connectivity index (χ2n) is 18.8. The zero-order valence-electron chi connectivity index (χ0n) is 33.1. The number of Topliss-reactive ketones (excluding diaryl/α,β-unsaturated/α-hetero) is 1. The summed E-state index contributed by atoms with van der Waals surface area (Å²) in [5, 5.41) is 11.6. The topological polar surface area (TPSA) is 209 Å². The first-order valence-corrected chi connectivity index (χ1v) is 20.0. The maximum atomic E-state index is 14.8. The lowest BCUT2D eigenvalue weighted by Gasteiger charge is -2.43. The minimum Gasteiger partial charge on any atom is -0.444 e. The van der Waals surface area contributed by atoms with Gasteiger partial charge in [-0.25, -0.2) is 9.59 Å². The molecule has 5 atom stereocenters. The summed E-state index contributed by atoms with van der Waals surface area (Å²) in [6.45, 7) is 12.9. The van der Waals surface area contributed by atoms with Gasteiger partial charge in [-0.15, -0.1) is 0 Å². The van der Waals surface area contributed by atoms with Gasteiger partial charge in [0.05, 0.1) is 18.6 Å². The molecule has 7 amide bonds. The van der Waals surface area contributed by atoms with E-state index in [9.17, 15) is 33.6 Å². The monoisotopic (exact) mass is 757 g/mol. The largest absolute Gasteiger partial charge is 0.444 e. The highest BCUT2D eigenvalue weighted by atomic mass is 16.6. The van der Waals surface area contributed by atoms with Gasteiger partial charge in [-0.1, -0.05) is 73.6 Å². The van der Waals surface area contributed by atoms with Crippen molar-refractivity contribution in [1.82, 2.24) is 31.1 Å². The standard InChI is InChI=1S/C39H63N7O8/c1-37(2,3)28(22-45-17-16-38(4,5)20-29(45)47)43-36(53)44-31(39(6)14-8-7-9-15-39)34(51)46-21-25(54-35(40)52)19-27(46)32(49)42-26(18-23-10-11-23)30(48)33(50)41-24-12-13-24/h23-28,31H,7-22H2,1-6H3,(H2,40,52)(H,41,50)(H,42,49)(H2,43,44,53)/t25-,26?,27+,28-,31-/m1/s1. The lowest BCUT2D eigenvalue weighted by atomic mass is 9.70. The van der Waals surface area contributed by atoms with Crippen molar-refractivity contribution in [3.8, 4) is 0 Å². The Morgan fingerprint density at radius 2 is 1.59 bits per heavy atom. The molecule has 3 saturated carbocycles. The lowest BCUT2D eigenvalue weighted by molar-refractivity contribution is -0.144. The van der Waals surface area contributed by atoms with Gasteiger partial charge in [-0.2, -0.15) is 0 Å². The van der Waals surface area contributed by atoms with Crippen molar-refractivity contribution >= 4 is 41.5 Å². The van der Waals surface area contributed by atoms with Gasteiger partial charge >= 0.3 is 12.1 Å². The van der Waals surface area contributed by atoms with E-state index >= 15 is 0 Å². The molecular formula is C39H63N7O8. The Hall–Kier alpha value is -3.91. The molecule has 5 aliphatic rings. The van der Waals surface area contributed by atoms with Crippen molar-refractivity contribution in [2.45, 2.75) is 161 Å². The van der Waals surface area contributed by atoms with E-state index in [0.717, 1.165) is 51.4 Å². The number of nitrogens with zero attached hydrogens (tertiary/aromatic N) is 2. The van der Waals surface area contributed by atoms with E-state index in [1.165, 1.54) is 4.90 Å². The molecule has 0 aromatic heterocycles. The van der Waals surface area contributed by atoms with E-state index < -0.39 is 76.7 Å². The summed E-state index contributed by atoms with van der Waals surface area (Å²) in [6, 6.07) is -4.30. The van der Waals surface area contributed by atoms with Gasteiger partial charge < -0.3 is 41.5 Å². The molecule has 0 bridgehead atoms. The molecule has 302 valence electrons. The Morgan fingerprint density at radius 1 is 0.926 bits per heavy atom. The number of hydrogen-bond donors (Lipinski definition) is 5. The molecule has 2 saturated heterocycles. The second-order valence-corrected chi connectivity index (χ2v) is 18.8. The Morgan fingerprint density at radius 3 is 2.17 bits per heavy atom. The Labute approximate surface area is 319 Å². The zero-order chi connectivity index (χ0) is 39.6. The molecular weight excluding hydrogens is 694 g/mol. The molecule has 0 radical (unpaired) electrons. The number of ketones is 1. The average molecular weight is 758 g/mol. The zero-order valence-corrected chi connectivity index (χ0v) is 33.1. The third-order valence-electron chi connectivity index (χ3n) is 12.2. The van der Waals surface area contributed by atoms with Gasteiger partial charge in [0, 0.05) is 32.0 Å². The number of rotatable bonds is 14. The number of carbonyl (C=O) groups excluding carboxylic acids is 7. The molecule has 15 nitrogen and oxygen atoms in total. The number of ether oxygens (including phenoxy) is 1. The minimum absolute atomic E-state index is 0.0329. The number of amides is 7. The molecule has 5 rings (SSSR count). The molecule has 0 aromatic rings. The average Bonchev–Trinajstić information content (AvgIpc) is 4.02. The number of likely N-dealkylation sites (tertiary alicyclic amines) is 2. The van der Waals surface area contributed by atoms with Crippen LogP contribution in [0.2, 0.25) is 0 Å². The maximum Gasteiger partial charge on any atom is 0.404 e. The van der Waals surface area contributed by atoms with Crippen molar-refractivity contribution in [2.75, 3.05) is 19.6 Å². The van der Waals surface area contributed by atoms with Gasteiger partial charge in [-0.05, 0) is 60.7 Å². The van der Waals surface area contributed by atoms with Crippen molar-refractivity contribution in [1.29, 1.82) is 0 Å². The molecule has 2 aliphatic heterocycles. The van der Waals surface area contributed by atoms with Crippen LogP contribution >= 0.6 is 0 Å². The second kappa shape index (κ2) is 16.4. The summed E-state index contributed by atoms with van der Waals surface area (Å²) >= 11 is 0. The van der Waals surface area contributed by atoms with Crippen LogP contribution in [0.4, 0.5) is 9.59 Å². The third kappa shape index (κ3) is 10.9. The Bertz CT molecular complexity index is 1460. The normalized spacial score (nSPS) is 25.5. The Kier molecular flexibility index (Phi) is 12.6. The van der Waals surface area contributed by atoms with Crippen molar-refractivity contribution in [2.24, 2.45) is 27.9 Å². The van der Waals surface area contributed by atoms with E-state index in [1.54, 1.807) is 4.90 Å². The molecule has 0 aromatic carbocycles. The molecule has 5 fully saturated rings. The van der Waals surface area contributed by atoms with Gasteiger partial charge in [0.15, 0.2) is 0 Å². The number of primary amides is 1. The van der Waals surface area contributed by atoms with Crippen molar-refractivity contribution in [3.63, 3.8) is 0 Å². The molecule has 54 heavy (non-hydrogen) atoms.